The van der Waals surface area contributed by atoms with Gasteiger partial charge in [-0.3, -0.25) is 0 Å². The molecule has 0 saturated carbocycles. The average Bonchev–Trinajstić information content (AvgIpc) is 1.86. The van der Waals surface area contributed by atoms with Crippen LogP contribution in [0.2, 0.25) is 0 Å². The lowest BCUT2D eigenvalue weighted by molar-refractivity contribution is 0.671. The first kappa shape index (κ1) is 4.14. The first-order chi connectivity index (χ1) is 2.89. The van der Waals surface area contributed by atoms with E-state index in [0.717, 1.165) is 0 Å². The van der Waals surface area contributed by atoms with Crippen molar-refractivity contribution in [2.75, 3.05) is 6.54 Å². The van der Waals surface area contributed by atoms with Crippen molar-refractivity contribution in [1.29, 1.82) is 0 Å². The van der Waals surface area contributed by atoms with Gasteiger partial charge in [0.05, 0.1) is 0 Å². The predicted molar refractivity (Wildman–Crippen MR) is 30.2 cm³/mol. The zero-order chi connectivity index (χ0) is 4.41. The molecule has 0 saturated heterocycles. The maximum Gasteiger partial charge on any atom is 0.0241 e. The van der Waals surface area contributed by atoms with Gasteiger partial charge in [0, 0.05) is 6.54 Å². The predicted octanol–water partition coefficient (Wildman–Crippen LogP) is 0.996. The highest BCUT2D eigenvalue weighted by Crippen LogP contribution is 2.07. The largest absolute Gasteiger partial charge is 0.362 e. The maximum absolute atomic E-state index is 2.62. The monoisotopic (exact) mass is 101 g/mol. The van der Waals surface area contributed by atoms with Gasteiger partial charge in [0.2, 0.25) is 0 Å². The fraction of sp³-hybridized carbons (Fsp3) is 0.500. The van der Waals surface area contributed by atoms with Crippen molar-refractivity contribution in [3.05, 3.63) is 12.3 Å². The van der Waals surface area contributed by atoms with E-state index in [-0.39, 0.29) is 0 Å². The van der Waals surface area contributed by atoms with Gasteiger partial charge < -0.3 is 4.67 Å². The van der Waals surface area contributed by atoms with E-state index in [2.05, 4.69) is 26.3 Å². The van der Waals surface area contributed by atoms with Crippen LogP contribution in [-0.2, 0) is 0 Å². The van der Waals surface area contributed by atoms with Crippen LogP contribution in [0.1, 0.15) is 6.42 Å². The number of hydrogen-bond acceptors (Lipinski definition) is 1. The van der Waals surface area contributed by atoms with E-state index in [0.29, 0.717) is 0 Å². The second kappa shape index (κ2) is 1.61. The molecule has 0 aromatic rings. The molecule has 2 heteroatoms. The van der Waals surface area contributed by atoms with E-state index in [4.69, 9.17) is 0 Å². The first-order valence-electron chi connectivity index (χ1n) is 2.07. The fourth-order valence-corrected chi connectivity index (χ4v) is 0.779. The summed E-state index contributed by atoms with van der Waals surface area (Å²) >= 11 is 0. The minimum Gasteiger partial charge on any atom is -0.362 e. The molecule has 0 fully saturated rings. The van der Waals surface area contributed by atoms with E-state index < -0.39 is 0 Å². The van der Waals surface area contributed by atoms with Gasteiger partial charge in [-0.25, -0.2) is 0 Å². The minimum atomic E-state index is 1.17. The van der Waals surface area contributed by atoms with Crippen molar-refractivity contribution >= 4 is 9.39 Å². The molecule has 1 aliphatic rings. The molecule has 6 heavy (non-hydrogen) atoms. The third-order valence-electron chi connectivity index (χ3n) is 0.851. The molecule has 34 valence electrons. The first-order valence-corrected chi connectivity index (χ1v) is 2.59. The SMILES string of the molecule is PN1C=CCC1. The Morgan fingerprint density at radius 2 is 2.50 bits per heavy atom. The van der Waals surface area contributed by atoms with Crippen LogP contribution in [0, 0.1) is 0 Å². The molecule has 0 bridgehead atoms. The van der Waals surface area contributed by atoms with Crippen molar-refractivity contribution < 1.29 is 0 Å². The Balaban J connectivity index is 2.38. The molecule has 1 aliphatic heterocycles. The summed E-state index contributed by atoms with van der Waals surface area (Å²) in [6, 6.07) is 0. The Bertz CT molecular complexity index is 69.9. The molecule has 0 aliphatic carbocycles. The molecule has 0 radical (unpaired) electrons. The normalized spacial score (nSPS) is 19.8. The molecule has 0 aromatic carbocycles. The van der Waals surface area contributed by atoms with Crippen LogP contribution in [0.4, 0.5) is 0 Å². The zero-order valence-electron chi connectivity index (χ0n) is 3.59. The number of hydrogen-bond donors (Lipinski definition) is 0. The summed E-state index contributed by atoms with van der Waals surface area (Å²) in [5.74, 6) is 0. The highest BCUT2D eigenvalue weighted by atomic mass is 31.0. The number of nitrogens with zero attached hydrogens (tertiary/aromatic N) is 1. The van der Waals surface area contributed by atoms with Crippen LogP contribution in [0.5, 0.6) is 0 Å². The third kappa shape index (κ3) is 0.721. The highest BCUT2D eigenvalue weighted by Gasteiger charge is 1.93. The summed E-state index contributed by atoms with van der Waals surface area (Å²) in [7, 11) is 2.62. The quantitative estimate of drug-likeness (QED) is 0.411. The van der Waals surface area contributed by atoms with Crippen LogP contribution in [0.3, 0.4) is 0 Å². The van der Waals surface area contributed by atoms with Crippen molar-refractivity contribution in [3.8, 4) is 0 Å². The molecular weight excluding hydrogens is 93.0 g/mol. The summed E-state index contributed by atoms with van der Waals surface area (Å²) in [6.45, 7) is 1.17. The van der Waals surface area contributed by atoms with Gasteiger partial charge >= 0.3 is 0 Å². The second-order valence-corrected chi connectivity index (χ2v) is 2.07. The van der Waals surface area contributed by atoms with E-state index in [1.165, 1.54) is 13.0 Å². The summed E-state index contributed by atoms with van der Waals surface area (Å²) < 4.78 is 2.10. The minimum absolute atomic E-state index is 1.17. The third-order valence-corrected chi connectivity index (χ3v) is 1.28. The highest BCUT2D eigenvalue weighted by molar-refractivity contribution is 7.13. The van der Waals surface area contributed by atoms with E-state index in [9.17, 15) is 0 Å². The Hall–Kier alpha value is -0.0300. The topological polar surface area (TPSA) is 3.24 Å². The molecule has 0 spiro atoms. The second-order valence-electron chi connectivity index (χ2n) is 1.41. The summed E-state index contributed by atoms with van der Waals surface area (Å²) in [4.78, 5) is 0. The summed E-state index contributed by atoms with van der Waals surface area (Å²) in [6.07, 6.45) is 5.45. The lowest BCUT2D eigenvalue weighted by atomic mass is 10.5. The smallest absolute Gasteiger partial charge is 0.0241 e. The fourth-order valence-electron chi connectivity index (χ4n) is 0.508. The molecule has 0 amide bonds. The zero-order valence-corrected chi connectivity index (χ0v) is 4.75. The molecule has 1 heterocycles. The molecule has 1 nitrogen and oxygen atoms in total. The van der Waals surface area contributed by atoms with Crippen molar-refractivity contribution in [3.63, 3.8) is 0 Å². The van der Waals surface area contributed by atoms with Crippen LogP contribution < -0.4 is 0 Å². The van der Waals surface area contributed by atoms with Gasteiger partial charge in [-0.1, -0.05) is 6.08 Å². The van der Waals surface area contributed by atoms with Gasteiger partial charge in [-0.15, -0.1) is 0 Å². The number of rotatable bonds is 0. The van der Waals surface area contributed by atoms with Crippen LogP contribution >= 0.6 is 9.39 Å². The van der Waals surface area contributed by atoms with Crippen LogP contribution in [-0.4, -0.2) is 11.2 Å². The van der Waals surface area contributed by atoms with Gasteiger partial charge in [-0.05, 0) is 22.0 Å². The lowest BCUT2D eigenvalue weighted by Crippen LogP contribution is -1.94. The van der Waals surface area contributed by atoms with E-state index >= 15 is 0 Å². The summed E-state index contributed by atoms with van der Waals surface area (Å²) in [5.41, 5.74) is 0. The van der Waals surface area contributed by atoms with E-state index in [1.54, 1.807) is 0 Å². The Morgan fingerprint density at radius 1 is 1.67 bits per heavy atom. The Kier molecular flexibility index (Phi) is 1.11. The van der Waals surface area contributed by atoms with Crippen molar-refractivity contribution in [2.45, 2.75) is 6.42 Å². The maximum atomic E-state index is 2.62. The molecule has 1 unspecified atom stereocenters. The van der Waals surface area contributed by atoms with Gasteiger partial charge in [0.1, 0.15) is 0 Å². The molecule has 1 atom stereocenters. The van der Waals surface area contributed by atoms with Crippen molar-refractivity contribution in [1.82, 2.24) is 4.67 Å². The summed E-state index contributed by atoms with van der Waals surface area (Å²) in [5, 5.41) is 0. The van der Waals surface area contributed by atoms with Crippen LogP contribution in [0.15, 0.2) is 12.3 Å². The van der Waals surface area contributed by atoms with Gasteiger partial charge in [-0.2, -0.15) is 0 Å². The molecule has 0 N–H and O–H groups in total. The van der Waals surface area contributed by atoms with Crippen LogP contribution in [0.25, 0.3) is 0 Å². The van der Waals surface area contributed by atoms with Crippen molar-refractivity contribution in [2.24, 2.45) is 0 Å². The van der Waals surface area contributed by atoms with Gasteiger partial charge in [0.15, 0.2) is 0 Å². The lowest BCUT2D eigenvalue weighted by Gasteiger charge is -2.01. The standard InChI is InChI=1S/C4H8NP/c6-5-3-1-2-4-5/h1,3H,2,4,6H2. The van der Waals surface area contributed by atoms with E-state index in [1.807, 2.05) is 0 Å². The van der Waals surface area contributed by atoms with Gasteiger partial charge in [0.25, 0.3) is 0 Å². The molecule has 1 rings (SSSR count). The Morgan fingerprint density at radius 3 is 2.67 bits per heavy atom. The molecule has 0 aromatic heterocycles. The average molecular weight is 101 g/mol. The molecular formula is C4H8NP. The Labute approximate surface area is 40.3 Å².